The number of thiophene rings is 1. The molecular formula is C14H11FN2OS2. The first kappa shape index (κ1) is 13.2. The van der Waals surface area contributed by atoms with Crippen molar-refractivity contribution in [1.82, 2.24) is 4.98 Å². The highest BCUT2D eigenvalue weighted by atomic mass is 32.1. The van der Waals surface area contributed by atoms with E-state index in [1.54, 1.807) is 17.4 Å². The summed E-state index contributed by atoms with van der Waals surface area (Å²) in [7, 11) is 0. The van der Waals surface area contributed by atoms with Crippen molar-refractivity contribution in [2.75, 3.05) is 5.32 Å². The highest BCUT2D eigenvalue weighted by molar-refractivity contribution is 7.22. The van der Waals surface area contributed by atoms with Gasteiger partial charge >= 0.3 is 0 Å². The molecule has 2 aromatic heterocycles. The lowest BCUT2D eigenvalue weighted by atomic mass is 10.2. The van der Waals surface area contributed by atoms with Crippen LogP contribution in [0, 0.1) is 5.82 Å². The van der Waals surface area contributed by atoms with Gasteiger partial charge in [-0.2, -0.15) is 11.3 Å². The summed E-state index contributed by atoms with van der Waals surface area (Å²) in [5, 5.41) is 7.31. The maximum Gasteiger partial charge on any atom is 0.226 e. The highest BCUT2D eigenvalue weighted by Crippen LogP contribution is 2.26. The molecule has 0 saturated carbocycles. The molecule has 20 heavy (non-hydrogen) atoms. The molecule has 0 bridgehead atoms. The molecule has 102 valence electrons. The Kier molecular flexibility index (Phi) is 3.75. The number of halogens is 1. The molecule has 0 spiro atoms. The Balaban J connectivity index is 1.65. The molecular weight excluding hydrogens is 295 g/mol. The van der Waals surface area contributed by atoms with E-state index in [1.165, 1.54) is 23.5 Å². The van der Waals surface area contributed by atoms with Crippen molar-refractivity contribution in [3.8, 4) is 0 Å². The maximum atomic E-state index is 13.1. The van der Waals surface area contributed by atoms with Crippen molar-refractivity contribution in [2.45, 2.75) is 12.8 Å². The predicted molar refractivity (Wildman–Crippen MR) is 80.8 cm³/mol. The van der Waals surface area contributed by atoms with Gasteiger partial charge in [0.2, 0.25) is 5.91 Å². The first-order chi connectivity index (χ1) is 9.70. The molecule has 1 N–H and O–H groups in total. The van der Waals surface area contributed by atoms with E-state index >= 15 is 0 Å². The van der Waals surface area contributed by atoms with E-state index in [9.17, 15) is 9.18 Å². The second-order valence-corrected chi connectivity index (χ2v) is 6.12. The van der Waals surface area contributed by atoms with Gasteiger partial charge in [0.25, 0.3) is 0 Å². The number of hydrogen-bond donors (Lipinski definition) is 1. The van der Waals surface area contributed by atoms with Gasteiger partial charge < -0.3 is 5.32 Å². The number of amides is 1. The van der Waals surface area contributed by atoms with Crippen LogP contribution in [0.1, 0.15) is 12.0 Å². The summed E-state index contributed by atoms with van der Waals surface area (Å²) in [5.41, 5.74) is 1.86. The Morgan fingerprint density at radius 1 is 1.35 bits per heavy atom. The van der Waals surface area contributed by atoms with Gasteiger partial charge in [0.15, 0.2) is 5.13 Å². The van der Waals surface area contributed by atoms with Crippen LogP contribution in [0.4, 0.5) is 9.52 Å². The summed E-state index contributed by atoms with van der Waals surface area (Å²) in [5.74, 6) is -0.368. The Morgan fingerprint density at radius 2 is 2.25 bits per heavy atom. The minimum atomic E-state index is -0.295. The van der Waals surface area contributed by atoms with Crippen molar-refractivity contribution >= 4 is 43.9 Å². The molecule has 0 aliphatic rings. The van der Waals surface area contributed by atoms with E-state index in [4.69, 9.17) is 0 Å². The van der Waals surface area contributed by atoms with Crippen LogP contribution in [-0.4, -0.2) is 10.9 Å². The van der Waals surface area contributed by atoms with Crippen molar-refractivity contribution in [3.63, 3.8) is 0 Å². The molecule has 2 heterocycles. The van der Waals surface area contributed by atoms with Crippen molar-refractivity contribution < 1.29 is 9.18 Å². The minimum Gasteiger partial charge on any atom is -0.302 e. The molecule has 6 heteroatoms. The number of fused-ring (bicyclic) bond motifs is 1. The number of benzene rings is 1. The van der Waals surface area contributed by atoms with Crippen LogP contribution in [-0.2, 0) is 11.2 Å². The number of nitrogens with zero attached hydrogens (tertiary/aromatic N) is 1. The van der Waals surface area contributed by atoms with Crippen LogP contribution in [0.25, 0.3) is 10.2 Å². The van der Waals surface area contributed by atoms with Gasteiger partial charge in [0, 0.05) is 6.42 Å². The Bertz CT molecular complexity index is 737. The number of carbonyl (C=O) groups excluding carboxylic acids is 1. The van der Waals surface area contributed by atoms with E-state index in [1.807, 2.05) is 16.8 Å². The number of hydrogen-bond acceptors (Lipinski definition) is 4. The first-order valence-electron chi connectivity index (χ1n) is 6.08. The van der Waals surface area contributed by atoms with E-state index in [2.05, 4.69) is 10.3 Å². The first-order valence-corrected chi connectivity index (χ1v) is 7.84. The molecule has 0 aliphatic carbocycles. The summed E-state index contributed by atoms with van der Waals surface area (Å²) in [6.45, 7) is 0. The van der Waals surface area contributed by atoms with Gasteiger partial charge in [0.1, 0.15) is 5.82 Å². The molecule has 0 unspecified atom stereocenters. The van der Waals surface area contributed by atoms with Crippen LogP contribution in [0.3, 0.4) is 0 Å². The zero-order valence-corrected chi connectivity index (χ0v) is 12.1. The molecule has 0 radical (unpaired) electrons. The van der Waals surface area contributed by atoms with Gasteiger partial charge in [-0.15, -0.1) is 0 Å². The minimum absolute atomic E-state index is 0.0734. The number of nitrogens with one attached hydrogen (secondary N) is 1. The monoisotopic (exact) mass is 306 g/mol. The summed E-state index contributed by atoms with van der Waals surface area (Å²) in [6, 6.07) is 6.42. The van der Waals surface area contributed by atoms with Crippen LogP contribution < -0.4 is 5.32 Å². The number of thiazole rings is 1. The summed E-state index contributed by atoms with van der Waals surface area (Å²) in [6.07, 6.45) is 1.13. The number of carbonyl (C=O) groups is 1. The van der Waals surface area contributed by atoms with E-state index < -0.39 is 0 Å². The second-order valence-electron chi connectivity index (χ2n) is 4.31. The predicted octanol–water partition coefficient (Wildman–Crippen LogP) is 4.07. The molecule has 3 nitrogen and oxygen atoms in total. The number of rotatable bonds is 4. The third kappa shape index (κ3) is 3.02. The largest absolute Gasteiger partial charge is 0.302 e. The smallest absolute Gasteiger partial charge is 0.226 e. The third-order valence-electron chi connectivity index (χ3n) is 2.82. The molecule has 0 fully saturated rings. The van der Waals surface area contributed by atoms with Crippen molar-refractivity contribution in [1.29, 1.82) is 0 Å². The van der Waals surface area contributed by atoms with Crippen LogP contribution in [0.15, 0.2) is 35.0 Å². The fraction of sp³-hybridized carbons (Fsp3) is 0.143. The summed E-state index contributed by atoms with van der Waals surface area (Å²) < 4.78 is 13.8. The van der Waals surface area contributed by atoms with Crippen molar-refractivity contribution in [2.24, 2.45) is 0 Å². The standard InChI is InChI=1S/C14H11FN2OS2/c15-10-2-3-11-12(7-10)20-14(16-11)17-13(18)4-1-9-5-6-19-8-9/h2-3,5-8H,1,4H2,(H,16,17,18). The van der Waals surface area contributed by atoms with Crippen LogP contribution >= 0.6 is 22.7 Å². The maximum absolute atomic E-state index is 13.1. The molecule has 0 atom stereocenters. The molecule has 3 aromatic rings. The Morgan fingerprint density at radius 3 is 3.05 bits per heavy atom. The average Bonchev–Trinajstić information content (AvgIpc) is 3.04. The normalized spacial score (nSPS) is 10.8. The quantitative estimate of drug-likeness (QED) is 0.789. The Labute approximate surface area is 123 Å². The van der Waals surface area contributed by atoms with Crippen molar-refractivity contribution in [3.05, 3.63) is 46.4 Å². The van der Waals surface area contributed by atoms with Gasteiger partial charge in [0.05, 0.1) is 10.2 Å². The molecule has 1 aromatic carbocycles. The lowest BCUT2D eigenvalue weighted by Gasteiger charge is -1.99. The van der Waals surface area contributed by atoms with E-state index in [0.717, 1.165) is 16.7 Å². The summed E-state index contributed by atoms with van der Waals surface area (Å²) >= 11 is 2.90. The van der Waals surface area contributed by atoms with Gasteiger partial charge in [-0.25, -0.2) is 9.37 Å². The van der Waals surface area contributed by atoms with Gasteiger partial charge in [-0.1, -0.05) is 11.3 Å². The Hall–Kier alpha value is -1.79. The zero-order chi connectivity index (χ0) is 13.9. The van der Waals surface area contributed by atoms with E-state index in [0.29, 0.717) is 17.1 Å². The van der Waals surface area contributed by atoms with Crippen LogP contribution in [0.5, 0.6) is 0 Å². The lowest BCUT2D eigenvalue weighted by molar-refractivity contribution is -0.116. The highest BCUT2D eigenvalue weighted by Gasteiger charge is 2.08. The number of aromatic nitrogens is 1. The van der Waals surface area contributed by atoms with Crippen LogP contribution in [0.2, 0.25) is 0 Å². The molecule has 3 rings (SSSR count). The van der Waals surface area contributed by atoms with Gasteiger partial charge in [-0.3, -0.25) is 4.79 Å². The second kappa shape index (κ2) is 5.68. The third-order valence-corrected chi connectivity index (χ3v) is 4.48. The summed E-state index contributed by atoms with van der Waals surface area (Å²) in [4.78, 5) is 16.1. The zero-order valence-electron chi connectivity index (χ0n) is 10.4. The average molecular weight is 306 g/mol. The fourth-order valence-electron chi connectivity index (χ4n) is 1.83. The molecule has 0 aliphatic heterocycles. The molecule has 0 saturated heterocycles. The fourth-order valence-corrected chi connectivity index (χ4v) is 3.44. The number of anilines is 1. The number of aryl methyl sites for hydroxylation is 1. The topological polar surface area (TPSA) is 42.0 Å². The molecule has 1 amide bonds. The lowest BCUT2D eigenvalue weighted by Crippen LogP contribution is -2.11. The van der Waals surface area contributed by atoms with Gasteiger partial charge in [-0.05, 0) is 47.0 Å². The SMILES string of the molecule is O=C(CCc1ccsc1)Nc1nc2ccc(F)cc2s1. The van der Waals surface area contributed by atoms with E-state index in [-0.39, 0.29) is 11.7 Å².